The van der Waals surface area contributed by atoms with Gasteiger partial charge in [0.15, 0.2) is 11.9 Å². The van der Waals surface area contributed by atoms with Gasteiger partial charge in [0.2, 0.25) is 0 Å². The highest BCUT2D eigenvalue weighted by molar-refractivity contribution is 7.99. The Balaban J connectivity index is 1.63. The maximum absolute atomic E-state index is 11.0. The minimum atomic E-state index is -4.22. The predicted octanol–water partition coefficient (Wildman–Crippen LogP) is -1.25. The molecule has 4 atom stereocenters. The van der Waals surface area contributed by atoms with Crippen LogP contribution in [0.5, 0.6) is 0 Å². The van der Waals surface area contributed by atoms with Gasteiger partial charge in [0, 0.05) is 5.75 Å². The Bertz CT molecular complexity index is 980. The van der Waals surface area contributed by atoms with Crippen molar-refractivity contribution < 1.29 is 27.6 Å². The van der Waals surface area contributed by atoms with Crippen molar-refractivity contribution in [1.82, 2.24) is 19.7 Å². The quantitative estimate of drug-likeness (QED) is 0.382. The van der Waals surface area contributed by atoms with Crippen LogP contribution in [0.15, 0.2) is 11.4 Å². The van der Waals surface area contributed by atoms with E-state index >= 15 is 0 Å². The van der Waals surface area contributed by atoms with Crippen LogP contribution in [0.3, 0.4) is 0 Å². The molecule has 0 radical (unpaired) electrons. The summed E-state index contributed by atoms with van der Waals surface area (Å²) in [4.78, 5) is 8.20. The summed E-state index contributed by atoms with van der Waals surface area (Å²) in [7, 11) is -4.22. The Morgan fingerprint density at radius 2 is 2.07 bits per heavy atom. The number of nitrogen functional groups attached to an aromatic ring is 1. The lowest BCUT2D eigenvalue weighted by Crippen LogP contribution is -2.35. The zero-order valence-electron chi connectivity index (χ0n) is 14.6. The van der Waals surface area contributed by atoms with Gasteiger partial charge in [0.25, 0.3) is 0 Å². The minimum Gasteiger partial charge on any atom is -0.387 e. The van der Waals surface area contributed by atoms with Gasteiger partial charge >= 0.3 is 10.3 Å². The van der Waals surface area contributed by atoms with Crippen LogP contribution in [0.25, 0.3) is 11.0 Å². The topological polar surface area (TPSA) is 189 Å². The first-order valence-corrected chi connectivity index (χ1v) is 11.0. The van der Waals surface area contributed by atoms with E-state index in [1.165, 1.54) is 35.6 Å². The second-order valence-electron chi connectivity index (χ2n) is 6.79. The van der Waals surface area contributed by atoms with Crippen molar-refractivity contribution in [1.29, 1.82) is 0 Å². The fraction of sp³-hybridized carbons (Fsp3) is 0.643. The van der Waals surface area contributed by atoms with Crippen LogP contribution in [0.2, 0.25) is 0 Å². The molecule has 0 bridgehead atoms. The molecule has 0 amide bonds. The lowest BCUT2D eigenvalue weighted by atomic mass is 10.1. The molecule has 6 N–H and O–H groups in total. The second kappa shape index (κ2) is 7.37. The van der Waals surface area contributed by atoms with E-state index in [-0.39, 0.29) is 5.82 Å². The molecule has 0 unspecified atom stereocenters. The third-order valence-corrected chi connectivity index (χ3v) is 6.28. The number of hydrogen-bond acceptors (Lipinski definition) is 11. The van der Waals surface area contributed by atoms with Crippen LogP contribution >= 0.6 is 11.8 Å². The number of nitrogens with two attached hydrogens (primary N) is 2. The molecule has 0 spiro atoms. The molecule has 14 heteroatoms. The van der Waals surface area contributed by atoms with E-state index in [0.29, 0.717) is 22.0 Å². The maximum atomic E-state index is 11.0. The summed E-state index contributed by atoms with van der Waals surface area (Å²) in [5.41, 5.74) is 6.35. The van der Waals surface area contributed by atoms with E-state index in [1.54, 1.807) is 0 Å². The Kier molecular flexibility index (Phi) is 5.20. The molecule has 2 fully saturated rings. The van der Waals surface area contributed by atoms with E-state index in [0.717, 1.165) is 5.75 Å². The summed E-state index contributed by atoms with van der Waals surface area (Å²) >= 11 is 1.52. The molecule has 154 valence electrons. The summed E-state index contributed by atoms with van der Waals surface area (Å²) in [6.07, 6.45) is -1.41. The number of rotatable bonds is 7. The van der Waals surface area contributed by atoms with Crippen LogP contribution in [-0.2, 0) is 19.2 Å². The highest BCUT2D eigenvalue weighted by Gasteiger charge is 2.45. The first-order chi connectivity index (χ1) is 13.2. The normalized spacial score (nSPS) is 28.2. The third-order valence-electron chi connectivity index (χ3n) is 4.61. The lowest BCUT2D eigenvalue weighted by molar-refractivity contribution is -0.0531. The van der Waals surface area contributed by atoms with Gasteiger partial charge in [-0.25, -0.2) is 19.8 Å². The van der Waals surface area contributed by atoms with Crippen molar-refractivity contribution in [3.05, 3.63) is 6.33 Å². The van der Waals surface area contributed by atoms with Gasteiger partial charge in [0.05, 0.1) is 12.0 Å². The number of hydrogen-bond donors (Lipinski definition) is 4. The largest absolute Gasteiger partial charge is 0.387 e. The molecule has 2 aromatic rings. The summed E-state index contributed by atoms with van der Waals surface area (Å²) in [5, 5.41) is 31.1. The molecule has 1 aliphatic heterocycles. The van der Waals surface area contributed by atoms with Crippen LogP contribution in [-0.4, -0.2) is 69.1 Å². The second-order valence-corrected chi connectivity index (χ2v) is 9.02. The van der Waals surface area contributed by atoms with Crippen molar-refractivity contribution in [2.75, 3.05) is 18.1 Å². The van der Waals surface area contributed by atoms with Gasteiger partial charge in [-0.15, -0.1) is 11.8 Å². The van der Waals surface area contributed by atoms with E-state index in [2.05, 4.69) is 19.2 Å². The zero-order chi connectivity index (χ0) is 20.1. The van der Waals surface area contributed by atoms with Gasteiger partial charge in [-0.1, -0.05) is 0 Å². The molecule has 2 aliphatic rings. The number of anilines is 1. The summed E-state index contributed by atoms with van der Waals surface area (Å²) in [5.74, 6) is 1.77. The van der Waals surface area contributed by atoms with Crippen molar-refractivity contribution in [3.8, 4) is 0 Å². The third kappa shape index (κ3) is 3.94. The number of nitrogens with zero attached hydrogens (tertiary/aromatic N) is 4. The fourth-order valence-corrected chi connectivity index (χ4v) is 4.49. The predicted molar refractivity (Wildman–Crippen MR) is 98.2 cm³/mol. The molecule has 1 saturated carbocycles. The smallest absolute Gasteiger partial charge is 0.333 e. The van der Waals surface area contributed by atoms with Crippen LogP contribution in [0.1, 0.15) is 19.1 Å². The van der Waals surface area contributed by atoms with Crippen LogP contribution in [0.4, 0.5) is 5.82 Å². The first kappa shape index (κ1) is 19.8. The Hall–Kier alpha value is -1.55. The summed E-state index contributed by atoms with van der Waals surface area (Å²) in [6, 6.07) is 0. The molecule has 28 heavy (non-hydrogen) atoms. The molecule has 1 aliphatic carbocycles. The average molecular weight is 432 g/mol. The van der Waals surface area contributed by atoms with E-state index in [1.807, 2.05) is 0 Å². The van der Waals surface area contributed by atoms with Crippen molar-refractivity contribution in [3.63, 3.8) is 0 Å². The average Bonchev–Trinajstić information content (AvgIpc) is 3.32. The van der Waals surface area contributed by atoms with Gasteiger partial charge in [0.1, 0.15) is 35.5 Å². The molecule has 1 saturated heterocycles. The monoisotopic (exact) mass is 432 g/mol. The van der Waals surface area contributed by atoms with Crippen LogP contribution in [0, 0.1) is 5.92 Å². The molecule has 2 aromatic heterocycles. The fourth-order valence-electron chi connectivity index (χ4n) is 2.95. The molecule has 3 heterocycles. The Labute approximate surface area is 164 Å². The highest BCUT2D eigenvalue weighted by atomic mass is 32.2. The molecular weight excluding hydrogens is 412 g/mol. The van der Waals surface area contributed by atoms with Crippen molar-refractivity contribution >= 4 is 38.9 Å². The number of fused-ring (bicyclic) bond motifs is 1. The van der Waals surface area contributed by atoms with Crippen molar-refractivity contribution in [2.24, 2.45) is 11.1 Å². The number of thioether (sulfide) groups is 1. The van der Waals surface area contributed by atoms with Gasteiger partial charge in [-0.05, 0) is 18.8 Å². The number of ether oxygens (including phenoxy) is 1. The standard InChI is InChI=1S/C14H20N6O6S2/c15-11-8-12(18-5-17-11)20(19-13(8)27-4-6-1-2-6)14-10(22)9(21)7(26-14)3-25-28(16,23)24/h5-7,9-10,14,21-22H,1-4H2,(H2,15,17,18)(H2,16,23,24)/t7-,9-,10-,14-/m1/s1. The molecule has 12 nitrogen and oxygen atoms in total. The minimum absolute atomic E-state index is 0.247. The van der Waals surface area contributed by atoms with Crippen molar-refractivity contribution in [2.45, 2.75) is 42.4 Å². The van der Waals surface area contributed by atoms with E-state index in [4.69, 9.17) is 15.6 Å². The molecular formula is C14H20N6O6S2. The van der Waals surface area contributed by atoms with Gasteiger partial charge in [-0.3, -0.25) is 4.18 Å². The number of aromatic nitrogens is 4. The highest BCUT2D eigenvalue weighted by Crippen LogP contribution is 2.39. The molecule has 4 rings (SSSR count). The number of aliphatic hydroxyl groups is 2. The number of aliphatic hydroxyl groups excluding tert-OH is 2. The molecule has 0 aromatic carbocycles. The summed E-state index contributed by atoms with van der Waals surface area (Å²) < 4.78 is 33.4. The lowest BCUT2D eigenvalue weighted by Gasteiger charge is -2.15. The Morgan fingerprint density at radius 3 is 2.75 bits per heavy atom. The SMILES string of the molecule is Nc1ncnc2c1c(SCC1CC1)nn2[C@@H]1O[C@H](COS(N)(=O)=O)[C@@H](O)[C@H]1O. The zero-order valence-corrected chi connectivity index (χ0v) is 16.2. The summed E-state index contributed by atoms with van der Waals surface area (Å²) in [6.45, 7) is -0.548. The Morgan fingerprint density at radius 1 is 1.32 bits per heavy atom. The van der Waals surface area contributed by atoms with Crippen LogP contribution < -0.4 is 10.9 Å². The maximum Gasteiger partial charge on any atom is 0.333 e. The van der Waals surface area contributed by atoms with E-state index < -0.39 is 41.5 Å². The van der Waals surface area contributed by atoms with E-state index in [9.17, 15) is 18.6 Å². The first-order valence-electron chi connectivity index (χ1n) is 8.55. The van der Waals surface area contributed by atoms with Gasteiger partial charge < -0.3 is 20.7 Å². The van der Waals surface area contributed by atoms with Gasteiger partial charge in [-0.2, -0.15) is 13.5 Å².